The Hall–Kier alpha value is -1.79. The zero-order valence-corrected chi connectivity index (χ0v) is 12.3. The van der Waals surface area contributed by atoms with Crippen LogP contribution in [0.15, 0.2) is 40.5 Å². The molecule has 0 saturated heterocycles. The molecular weight excluding hydrogens is 294 g/mol. The van der Waals surface area contributed by atoms with E-state index in [0.717, 1.165) is 22.5 Å². The van der Waals surface area contributed by atoms with Crippen LogP contribution in [0.4, 0.5) is 5.95 Å². The van der Waals surface area contributed by atoms with Gasteiger partial charge in [0.1, 0.15) is 0 Å². The highest BCUT2D eigenvalue weighted by Crippen LogP contribution is 2.28. The molecule has 2 N–H and O–H groups in total. The van der Waals surface area contributed by atoms with Crippen molar-refractivity contribution in [1.82, 2.24) is 19.9 Å². The Balaban J connectivity index is 1.90. The van der Waals surface area contributed by atoms with Gasteiger partial charge in [0, 0.05) is 17.4 Å². The first kappa shape index (κ1) is 13.2. The molecule has 0 fully saturated rings. The molecular formula is C13H12ClN5S. The van der Waals surface area contributed by atoms with Gasteiger partial charge in [0.2, 0.25) is 11.2 Å². The molecule has 2 aromatic heterocycles. The topological polar surface area (TPSA) is 66.5 Å². The number of anilines is 1. The molecule has 7 heteroatoms. The predicted molar refractivity (Wildman–Crippen MR) is 81.4 cm³/mol. The molecule has 0 aliphatic heterocycles. The Morgan fingerprint density at radius 1 is 1.25 bits per heavy atom. The van der Waals surface area contributed by atoms with Gasteiger partial charge in [-0.3, -0.25) is 0 Å². The van der Waals surface area contributed by atoms with E-state index in [1.54, 1.807) is 0 Å². The van der Waals surface area contributed by atoms with Crippen LogP contribution in [0.2, 0.25) is 5.28 Å². The fourth-order valence-corrected chi connectivity index (χ4v) is 2.83. The van der Waals surface area contributed by atoms with Crippen molar-refractivity contribution >= 4 is 40.2 Å². The standard InChI is InChI=1S/C13H12ClN5S/c1-2-15-12-17-11(14)18-13(19-12)20-10-7-8-5-3-4-6-9(8)16-10/h3-7,16H,2H2,1H3,(H,15,17,18,19). The molecule has 0 saturated carbocycles. The first-order valence-electron chi connectivity index (χ1n) is 6.15. The van der Waals surface area contributed by atoms with E-state index in [4.69, 9.17) is 11.6 Å². The van der Waals surface area contributed by atoms with Gasteiger partial charge in [0.25, 0.3) is 0 Å². The maximum absolute atomic E-state index is 5.90. The Bertz CT molecular complexity index is 709. The summed E-state index contributed by atoms with van der Waals surface area (Å²) in [6.45, 7) is 2.71. The second-order valence-electron chi connectivity index (χ2n) is 4.06. The van der Waals surface area contributed by atoms with Gasteiger partial charge in [-0.1, -0.05) is 18.2 Å². The second kappa shape index (κ2) is 5.68. The molecule has 2 heterocycles. The van der Waals surface area contributed by atoms with Gasteiger partial charge in [-0.2, -0.15) is 15.0 Å². The van der Waals surface area contributed by atoms with Crippen LogP contribution in [0.3, 0.4) is 0 Å². The molecule has 0 spiro atoms. The highest BCUT2D eigenvalue weighted by atomic mass is 35.5. The van der Waals surface area contributed by atoms with Crippen LogP contribution in [0, 0.1) is 0 Å². The maximum atomic E-state index is 5.90. The van der Waals surface area contributed by atoms with Crippen LogP contribution in [0.5, 0.6) is 0 Å². The molecule has 0 bridgehead atoms. The first-order chi connectivity index (χ1) is 9.74. The molecule has 0 radical (unpaired) electrons. The van der Waals surface area contributed by atoms with E-state index < -0.39 is 0 Å². The van der Waals surface area contributed by atoms with Crippen molar-refractivity contribution < 1.29 is 0 Å². The monoisotopic (exact) mass is 305 g/mol. The number of rotatable bonds is 4. The Labute approximate surface area is 125 Å². The largest absolute Gasteiger partial charge is 0.354 e. The van der Waals surface area contributed by atoms with E-state index in [1.165, 1.54) is 11.8 Å². The SMILES string of the molecule is CCNc1nc(Cl)nc(Sc2cc3ccccc3[nH]2)n1. The van der Waals surface area contributed by atoms with Crippen molar-refractivity contribution in [3.63, 3.8) is 0 Å². The van der Waals surface area contributed by atoms with Crippen LogP contribution in [0.25, 0.3) is 10.9 Å². The van der Waals surface area contributed by atoms with Crippen LogP contribution in [-0.2, 0) is 0 Å². The molecule has 3 aromatic rings. The van der Waals surface area contributed by atoms with E-state index >= 15 is 0 Å². The lowest BCUT2D eigenvalue weighted by Gasteiger charge is -2.03. The number of nitrogens with zero attached hydrogens (tertiary/aromatic N) is 3. The van der Waals surface area contributed by atoms with Gasteiger partial charge in [0.05, 0.1) is 5.03 Å². The van der Waals surface area contributed by atoms with E-state index in [2.05, 4.69) is 37.4 Å². The normalized spacial score (nSPS) is 10.9. The van der Waals surface area contributed by atoms with Crippen LogP contribution in [0.1, 0.15) is 6.92 Å². The van der Waals surface area contributed by atoms with Crippen molar-refractivity contribution in [3.05, 3.63) is 35.6 Å². The Kier molecular flexibility index (Phi) is 3.75. The molecule has 0 aliphatic rings. The molecule has 5 nitrogen and oxygen atoms in total. The zero-order chi connectivity index (χ0) is 13.9. The molecule has 3 rings (SSSR count). The number of aromatic amines is 1. The predicted octanol–water partition coefficient (Wildman–Crippen LogP) is 3.59. The summed E-state index contributed by atoms with van der Waals surface area (Å²) in [4.78, 5) is 15.8. The van der Waals surface area contributed by atoms with E-state index in [1.807, 2.05) is 25.1 Å². The Morgan fingerprint density at radius 3 is 2.90 bits per heavy atom. The van der Waals surface area contributed by atoms with E-state index in [-0.39, 0.29) is 5.28 Å². The fourth-order valence-electron chi connectivity index (χ4n) is 1.81. The number of fused-ring (bicyclic) bond motifs is 1. The molecule has 0 aliphatic carbocycles. The summed E-state index contributed by atoms with van der Waals surface area (Å²) >= 11 is 7.33. The third-order valence-electron chi connectivity index (χ3n) is 2.63. The van der Waals surface area contributed by atoms with Gasteiger partial charge in [-0.05, 0) is 42.4 Å². The van der Waals surface area contributed by atoms with Crippen LogP contribution >= 0.6 is 23.4 Å². The summed E-state index contributed by atoms with van der Waals surface area (Å²) in [6.07, 6.45) is 0. The quantitative estimate of drug-likeness (QED) is 0.771. The number of hydrogen-bond acceptors (Lipinski definition) is 5. The van der Waals surface area contributed by atoms with Crippen molar-refractivity contribution in [1.29, 1.82) is 0 Å². The number of benzene rings is 1. The highest BCUT2D eigenvalue weighted by molar-refractivity contribution is 7.99. The van der Waals surface area contributed by atoms with Gasteiger partial charge in [-0.25, -0.2) is 0 Å². The minimum Gasteiger partial charge on any atom is -0.354 e. The lowest BCUT2D eigenvalue weighted by atomic mass is 10.3. The van der Waals surface area contributed by atoms with Crippen molar-refractivity contribution in [2.75, 3.05) is 11.9 Å². The molecule has 1 aromatic carbocycles. The smallest absolute Gasteiger partial charge is 0.228 e. The lowest BCUT2D eigenvalue weighted by molar-refractivity contribution is 0.897. The number of hydrogen-bond donors (Lipinski definition) is 2. The van der Waals surface area contributed by atoms with Crippen LogP contribution < -0.4 is 5.32 Å². The number of aromatic nitrogens is 4. The second-order valence-corrected chi connectivity index (χ2v) is 5.41. The third-order valence-corrected chi connectivity index (χ3v) is 3.60. The van der Waals surface area contributed by atoms with E-state index in [9.17, 15) is 0 Å². The van der Waals surface area contributed by atoms with Crippen molar-refractivity contribution in [2.24, 2.45) is 0 Å². The first-order valence-corrected chi connectivity index (χ1v) is 7.35. The number of H-pyrrole nitrogens is 1. The minimum atomic E-state index is 0.189. The summed E-state index contributed by atoms with van der Waals surface area (Å²) in [5.74, 6) is 0.492. The molecule has 20 heavy (non-hydrogen) atoms. The lowest BCUT2D eigenvalue weighted by Crippen LogP contribution is -2.04. The molecule has 0 atom stereocenters. The average molecular weight is 306 g/mol. The summed E-state index contributed by atoms with van der Waals surface area (Å²) in [5.41, 5.74) is 1.09. The third kappa shape index (κ3) is 2.86. The van der Waals surface area contributed by atoms with Gasteiger partial charge < -0.3 is 10.3 Å². The van der Waals surface area contributed by atoms with Crippen LogP contribution in [-0.4, -0.2) is 26.5 Å². The number of nitrogens with one attached hydrogen (secondary N) is 2. The number of para-hydroxylation sites is 1. The summed E-state index contributed by atoms with van der Waals surface area (Å²) in [5, 5.41) is 5.91. The average Bonchev–Trinajstić information content (AvgIpc) is 2.80. The van der Waals surface area contributed by atoms with Gasteiger partial charge >= 0.3 is 0 Å². The minimum absolute atomic E-state index is 0.189. The molecule has 102 valence electrons. The fraction of sp³-hybridized carbons (Fsp3) is 0.154. The van der Waals surface area contributed by atoms with Gasteiger partial charge in [0.15, 0.2) is 5.16 Å². The maximum Gasteiger partial charge on any atom is 0.228 e. The van der Waals surface area contributed by atoms with E-state index in [0.29, 0.717) is 11.1 Å². The van der Waals surface area contributed by atoms with Gasteiger partial charge in [-0.15, -0.1) is 0 Å². The summed E-state index contributed by atoms with van der Waals surface area (Å²) in [6, 6.07) is 10.2. The summed E-state index contributed by atoms with van der Waals surface area (Å²) in [7, 11) is 0. The van der Waals surface area contributed by atoms with Crippen molar-refractivity contribution in [3.8, 4) is 0 Å². The molecule has 0 amide bonds. The Morgan fingerprint density at radius 2 is 2.10 bits per heavy atom. The van der Waals surface area contributed by atoms with Crippen molar-refractivity contribution in [2.45, 2.75) is 17.1 Å². The highest BCUT2D eigenvalue weighted by Gasteiger charge is 2.08. The summed E-state index contributed by atoms with van der Waals surface area (Å²) < 4.78 is 0. The number of halogens is 1. The molecule has 0 unspecified atom stereocenters. The zero-order valence-electron chi connectivity index (χ0n) is 10.7.